The van der Waals surface area contributed by atoms with Gasteiger partial charge in [-0.15, -0.1) is 0 Å². The van der Waals surface area contributed by atoms with Crippen LogP contribution in [0.1, 0.15) is 19.3 Å². The van der Waals surface area contributed by atoms with Crippen molar-refractivity contribution < 1.29 is 9.90 Å². The first-order valence-corrected chi connectivity index (χ1v) is 2.92. The zero-order chi connectivity index (χ0) is 6.85. The van der Waals surface area contributed by atoms with Crippen molar-refractivity contribution >= 4 is 5.78 Å². The van der Waals surface area contributed by atoms with Crippen LogP contribution >= 0.6 is 0 Å². The summed E-state index contributed by atoms with van der Waals surface area (Å²) in [6.45, 7) is 0. The fourth-order valence-corrected chi connectivity index (χ4v) is 0.855. The standard InChI is InChI=1S/C6H9NO2/c7-4-2-1-3-5(8)6(4)9/h9H,1-3,7H2. The Morgan fingerprint density at radius 1 is 1.44 bits per heavy atom. The van der Waals surface area contributed by atoms with Crippen molar-refractivity contribution in [3.05, 3.63) is 11.5 Å². The molecule has 1 aliphatic carbocycles. The number of aliphatic hydroxyl groups excluding tert-OH is 1. The molecule has 9 heavy (non-hydrogen) atoms. The number of aliphatic hydroxyl groups is 1. The predicted octanol–water partition coefficient (Wildman–Crippen LogP) is 0.468. The van der Waals surface area contributed by atoms with Crippen LogP contribution < -0.4 is 5.73 Å². The Hall–Kier alpha value is -0.990. The summed E-state index contributed by atoms with van der Waals surface area (Å²) < 4.78 is 0. The highest BCUT2D eigenvalue weighted by Gasteiger charge is 2.16. The third-order valence-corrected chi connectivity index (χ3v) is 1.42. The van der Waals surface area contributed by atoms with Crippen LogP contribution in [0.25, 0.3) is 0 Å². The molecule has 0 bridgehead atoms. The molecule has 1 aliphatic rings. The lowest BCUT2D eigenvalue weighted by Crippen LogP contribution is -2.15. The van der Waals surface area contributed by atoms with E-state index in [0.29, 0.717) is 18.5 Å². The molecule has 0 saturated heterocycles. The van der Waals surface area contributed by atoms with Crippen molar-refractivity contribution in [2.75, 3.05) is 0 Å². The Balaban J connectivity index is 2.84. The van der Waals surface area contributed by atoms with Gasteiger partial charge in [-0.25, -0.2) is 0 Å². The molecule has 0 spiro atoms. The monoisotopic (exact) mass is 127 g/mol. The Labute approximate surface area is 53.2 Å². The summed E-state index contributed by atoms with van der Waals surface area (Å²) in [7, 11) is 0. The summed E-state index contributed by atoms with van der Waals surface area (Å²) in [5, 5.41) is 8.85. The van der Waals surface area contributed by atoms with Crippen molar-refractivity contribution in [2.45, 2.75) is 19.3 Å². The van der Waals surface area contributed by atoms with E-state index in [2.05, 4.69) is 0 Å². The molecule has 3 N–H and O–H groups in total. The quantitative estimate of drug-likeness (QED) is 0.497. The molecular weight excluding hydrogens is 118 g/mol. The number of rotatable bonds is 0. The molecule has 3 heteroatoms. The van der Waals surface area contributed by atoms with Crippen LogP contribution in [-0.2, 0) is 4.79 Å². The van der Waals surface area contributed by atoms with Crippen LogP contribution in [0.4, 0.5) is 0 Å². The topological polar surface area (TPSA) is 63.3 Å². The number of hydrogen-bond acceptors (Lipinski definition) is 3. The molecule has 0 fully saturated rings. The maximum Gasteiger partial charge on any atom is 0.198 e. The fraction of sp³-hybridized carbons (Fsp3) is 0.500. The summed E-state index contributed by atoms with van der Waals surface area (Å²) in [5.41, 5.74) is 5.62. The number of carbonyl (C=O) groups is 1. The van der Waals surface area contributed by atoms with E-state index in [4.69, 9.17) is 10.8 Å². The molecule has 0 amide bonds. The van der Waals surface area contributed by atoms with Gasteiger partial charge in [0.15, 0.2) is 11.5 Å². The lowest BCUT2D eigenvalue weighted by molar-refractivity contribution is -0.118. The lowest BCUT2D eigenvalue weighted by Gasteiger charge is -2.09. The van der Waals surface area contributed by atoms with E-state index in [-0.39, 0.29) is 11.5 Å². The number of nitrogens with two attached hydrogens (primary N) is 1. The van der Waals surface area contributed by atoms with E-state index in [1.54, 1.807) is 0 Å². The highest BCUT2D eigenvalue weighted by Crippen LogP contribution is 2.15. The summed E-state index contributed by atoms with van der Waals surface area (Å²) in [5.74, 6) is -0.444. The molecular formula is C6H9NO2. The SMILES string of the molecule is NC1=C(O)C(=O)CCC1. The van der Waals surface area contributed by atoms with E-state index >= 15 is 0 Å². The number of allylic oxidation sites excluding steroid dienone is 2. The molecule has 0 aromatic carbocycles. The first-order valence-electron chi connectivity index (χ1n) is 2.92. The summed E-state index contributed by atoms with van der Waals surface area (Å²) >= 11 is 0. The zero-order valence-electron chi connectivity index (χ0n) is 5.05. The van der Waals surface area contributed by atoms with E-state index in [1.165, 1.54) is 0 Å². The molecule has 0 unspecified atom stereocenters. The largest absolute Gasteiger partial charge is 0.503 e. The van der Waals surface area contributed by atoms with Crippen LogP contribution in [0.2, 0.25) is 0 Å². The summed E-state index contributed by atoms with van der Waals surface area (Å²) in [4.78, 5) is 10.6. The van der Waals surface area contributed by atoms with Crippen LogP contribution in [0, 0.1) is 0 Å². The van der Waals surface area contributed by atoms with Gasteiger partial charge in [0.05, 0.1) is 5.70 Å². The smallest absolute Gasteiger partial charge is 0.198 e. The van der Waals surface area contributed by atoms with Crippen molar-refractivity contribution in [3.63, 3.8) is 0 Å². The highest BCUT2D eigenvalue weighted by molar-refractivity contribution is 5.94. The summed E-state index contributed by atoms with van der Waals surface area (Å²) in [6, 6.07) is 0. The Kier molecular flexibility index (Phi) is 1.42. The van der Waals surface area contributed by atoms with Crippen LogP contribution in [0.15, 0.2) is 11.5 Å². The van der Waals surface area contributed by atoms with Gasteiger partial charge in [-0.1, -0.05) is 0 Å². The van der Waals surface area contributed by atoms with Crippen molar-refractivity contribution in [1.82, 2.24) is 0 Å². The molecule has 0 saturated carbocycles. The van der Waals surface area contributed by atoms with Gasteiger partial charge >= 0.3 is 0 Å². The minimum absolute atomic E-state index is 0.221. The number of Topliss-reactive ketones (excluding diaryl/α,β-unsaturated/α-hetero) is 1. The minimum Gasteiger partial charge on any atom is -0.503 e. The first-order chi connectivity index (χ1) is 4.22. The van der Waals surface area contributed by atoms with Crippen LogP contribution in [0.5, 0.6) is 0 Å². The predicted molar refractivity (Wildman–Crippen MR) is 32.7 cm³/mol. The molecule has 3 nitrogen and oxygen atoms in total. The third-order valence-electron chi connectivity index (χ3n) is 1.42. The molecule has 0 atom stereocenters. The van der Waals surface area contributed by atoms with Crippen molar-refractivity contribution in [3.8, 4) is 0 Å². The average Bonchev–Trinajstić information content (AvgIpc) is 1.83. The van der Waals surface area contributed by atoms with E-state index < -0.39 is 0 Å². The minimum atomic E-state index is -0.223. The van der Waals surface area contributed by atoms with Gasteiger partial charge in [0.2, 0.25) is 0 Å². The zero-order valence-corrected chi connectivity index (χ0v) is 5.05. The number of ketones is 1. The maximum absolute atomic E-state index is 10.6. The average molecular weight is 127 g/mol. The van der Waals surface area contributed by atoms with Gasteiger partial charge in [0, 0.05) is 6.42 Å². The molecule has 0 aromatic rings. The van der Waals surface area contributed by atoms with Crippen LogP contribution in [-0.4, -0.2) is 10.9 Å². The van der Waals surface area contributed by atoms with Gasteiger partial charge in [-0.05, 0) is 12.8 Å². The van der Waals surface area contributed by atoms with Gasteiger partial charge < -0.3 is 10.8 Å². The van der Waals surface area contributed by atoms with Crippen molar-refractivity contribution in [2.24, 2.45) is 5.73 Å². The maximum atomic E-state index is 10.6. The number of hydrogen-bond donors (Lipinski definition) is 2. The molecule has 50 valence electrons. The molecule has 0 aliphatic heterocycles. The second kappa shape index (κ2) is 2.09. The summed E-state index contributed by atoms with van der Waals surface area (Å²) in [6.07, 6.45) is 1.86. The Morgan fingerprint density at radius 3 is 2.56 bits per heavy atom. The molecule has 0 aromatic heterocycles. The second-order valence-electron chi connectivity index (χ2n) is 2.15. The molecule has 0 heterocycles. The van der Waals surface area contributed by atoms with E-state index in [1.807, 2.05) is 0 Å². The molecule has 1 rings (SSSR count). The normalized spacial score (nSPS) is 20.7. The fourth-order valence-electron chi connectivity index (χ4n) is 0.855. The Bertz CT molecular complexity index is 172. The van der Waals surface area contributed by atoms with E-state index in [0.717, 1.165) is 6.42 Å². The lowest BCUT2D eigenvalue weighted by atomic mass is 10.0. The van der Waals surface area contributed by atoms with Crippen molar-refractivity contribution in [1.29, 1.82) is 0 Å². The highest BCUT2D eigenvalue weighted by atomic mass is 16.3. The van der Waals surface area contributed by atoms with Gasteiger partial charge in [-0.2, -0.15) is 0 Å². The molecule has 0 radical (unpaired) electrons. The first kappa shape index (κ1) is 6.13. The number of carbonyl (C=O) groups excluding carboxylic acids is 1. The third kappa shape index (κ3) is 1.04. The van der Waals surface area contributed by atoms with Gasteiger partial charge in [-0.3, -0.25) is 4.79 Å². The van der Waals surface area contributed by atoms with Gasteiger partial charge in [0.25, 0.3) is 0 Å². The van der Waals surface area contributed by atoms with Crippen LogP contribution in [0.3, 0.4) is 0 Å². The second-order valence-corrected chi connectivity index (χ2v) is 2.15. The van der Waals surface area contributed by atoms with E-state index in [9.17, 15) is 4.79 Å². The van der Waals surface area contributed by atoms with Gasteiger partial charge in [0.1, 0.15) is 0 Å². The Morgan fingerprint density at radius 2 is 2.11 bits per heavy atom.